The van der Waals surface area contributed by atoms with Gasteiger partial charge in [-0.3, -0.25) is 9.59 Å². The van der Waals surface area contributed by atoms with Gasteiger partial charge in [0.1, 0.15) is 0 Å². The van der Waals surface area contributed by atoms with E-state index in [0.717, 1.165) is 0 Å². The molecule has 1 amide bonds. The zero-order chi connectivity index (χ0) is 10.6. The molecule has 0 aliphatic heterocycles. The molecule has 5 heteroatoms. The van der Waals surface area contributed by atoms with Gasteiger partial charge in [0.05, 0.1) is 6.61 Å². The Labute approximate surface area is 81.0 Å². The molecule has 0 unspecified atom stereocenters. The first-order valence-electron chi connectivity index (χ1n) is 4.21. The summed E-state index contributed by atoms with van der Waals surface area (Å²) in [5.74, 6) is -0.350. The first-order chi connectivity index (χ1) is 6.65. The molecule has 14 heavy (non-hydrogen) atoms. The van der Waals surface area contributed by atoms with Crippen molar-refractivity contribution in [1.82, 2.24) is 9.88 Å². The fourth-order valence-electron chi connectivity index (χ4n) is 0.961. The lowest BCUT2D eigenvalue weighted by Gasteiger charge is -2.03. The van der Waals surface area contributed by atoms with E-state index < -0.39 is 0 Å². The van der Waals surface area contributed by atoms with Gasteiger partial charge in [0.2, 0.25) is 0 Å². The lowest BCUT2D eigenvalue weighted by Crippen LogP contribution is -2.28. The molecular formula is C9H12N2O3. The maximum atomic E-state index is 11.3. The van der Waals surface area contributed by atoms with Crippen molar-refractivity contribution < 1.29 is 9.90 Å². The molecule has 1 rings (SSSR count). The predicted molar refractivity (Wildman–Crippen MR) is 51.1 cm³/mol. The first-order valence-corrected chi connectivity index (χ1v) is 4.21. The Morgan fingerprint density at radius 2 is 2.36 bits per heavy atom. The van der Waals surface area contributed by atoms with Gasteiger partial charge in [-0.15, -0.1) is 0 Å². The number of hydrogen-bond donors (Lipinski definition) is 2. The molecule has 0 spiro atoms. The van der Waals surface area contributed by atoms with E-state index in [-0.39, 0.29) is 24.6 Å². The quantitative estimate of drug-likeness (QED) is 0.658. The van der Waals surface area contributed by atoms with E-state index in [0.29, 0.717) is 5.56 Å². The summed E-state index contributed by atoms with van der Waals surface area (Å²) in [7, 11) is 1.61. The van der Waals surface area contributed by atoms with Crippen LogP contribution in [0.15, 0.2) is 23.1 Å². The average molecular weight is 196 g/mol. The van der Waals surface area contributed by atoms with Gasteiger partial charge in [0, 0.05) is 31.4 Å². The number of rotatable bonds is 3. The Bertz CT molecular complexity index is 384. The first kappa shape index (κ1) is 10.5. The monoisotopic (exact) mass is 196 g/mol. The summed E-state index contributed by atoms with van der Waals surface area (Å²) in [6.07, 6.45) is 1.52. The predicted octanol–water partition coefficient (Wildman–Crippen LogP) is -0.893. The molecule has 1 heterocycles. The van der Waals surface area contributed by atoms with Crippen molar-refractivity contribution >= 4 is 5.91 Å². The van der Waals surface area contributed by atoms with Gasteiger partial charge in [-0.05, 0) is 6.07 Å². The largest absolute Gasteiger partial charge is 0.395 e. The van der Waals surface area contributed by atoms with Crippen molar-refractivity contribution in [3.63, 3.8) is 0 Å². The number of pyridine rings is 1. The second kappa shape index (κ2) is 4.57. The van der Waals surface area contributed by atoms with E-state index >= 15 is 0 Å². The second-order valence-corrected chi connectivity index (χ2v) is 2.84. The third-order valence-corrected chi connectivity index (χ3v) is 1.76. The summed E-state index contributed by atoms with van der Waals surface area (Å²) in [6, 6.07) is 2.81. The highest BCUT2D eigenvalue weighted by Crippen LogP contribution is 1.93. The van der Waals surface area contributed by atoms with Gasteiger partial charge in [0.15, 0.2) is 0 Å². The molecule has 2 N–H and O–H groups in total. The van der Waals surface area contributed by atoms with Crippen LogP contribution in [-0.2, 0) is 7.05 Å². The minimum absolute atomic E-state index is 0.115. The molecule has 76 valence electrons. The summed E-state index contributed by atoms with van der Waals surface area (Å²) < 4.78 is 1.38. The van der Waals surface area contributed by atoms with Gasteiger partial charge in [0.25, 0.3) is 11.5 Å². The summed E-state index contributed by atoms with van der Waals surface area (Å²) in [5.41, 5.74) is 0.0724. The van der Waals surface area contributed by atoms with Crippen molar-refractivity contribution in [3.8, 4) is 0 Å². The van der Waals surface area contributed by atoms with Crippen molar-refractivity contribution in [2.75, 3.05) is 13.2 Å². The molecular weight excluding hydrogens is 184 g/mol. The van der Waals surface area contributed by atoms with Crippen LogP contribution in [0.3, 0.4) is 0 Å². The van der Waals surface area contributed by atoms with Crippen molar-refractivity contribution in [2.45, 2.75) is 0 Å². The SMILES string of the molecule is Cn1ccc(C(=O)NCCO)cc1=O. The highest BCUT2D eigenvalue weighted by Gasteiger charge is 2.04. The van der Waals surface area contributed by atoms with Gasteiger partial charge < -0.3 is 15.0 Å². The van der Waals surface area contributed by atoms with E-state index in [9.17, 15) is 9.59 Å². The van der Waals surface area contributed by atoms with Crippen molar-refractivity contribution in [3.05, 3.63) is 34.2 Å². The molecule has 0 atom stereocenters. The molecule has 0 aliphatic rings. The van der Waals surface area contributed by atoms with E-state index in [1.165, 1.54) is 16.8 Å². The molecule has 0 fully saturated rings. The Hall–Kier alpha value is -1.62. The zero-order valence-electron chi connectivity index (χ0n) is 7.86. The number of nitrogens with zero attached hydrogens (tertiary/aromatic N) is 1. The highest BCUT2D eigenvalue weighted by molar-refractivity contribution is 5.93. The maximum absolute atomic E-state index is 11.3. The topological polar surface area (TPSA) is 71.3 Å². The minimum atomic E-state index is -0.350. The second-order valence-electron chi connectivity index (χ2n) is 2.84. The molecule has 0 aliphatic carbocycles. The van der Waals surface area contributed by atoms with E-state index in [1.807, 2.05) is 0 Å². The van der Waals surface area contributed by atoms with Crippen LogP contribution in [0.1, 0.15) is 10.4 Å². The van der Waals surface area contributed by atoms with E-state index in [4.69, 9.17) is 5.11 Å². The van der Waals surface area contributed by atoms with Gasteiger partial charge in [-0.25, -0.2) is 0 Å². The third kappa shape index (κ3) is 2.43. The summed E-state index contributed by atoms with van der Waals surface area (Å²) in [4.78, 5) is 22.4. The van der Waals surface area contributed by atoms with Crippen LogP contribution in [0.2, 0.25) is 0 Å². The normalized spacial score (nSPS) is 9.86. The number of aliphatic hydroxyl groups excluding tert-OH is 1. The summed E-state index contributed by atoms with van der Waals surface area (Å²) in [6.45, 7) is 0.0740. The molecule has 0 saturated heterocycles. The van der Waals surface area contributed by atoms with Crippen LogP contribution in [0.4, 0.5) is 0 Å². The van der Waals surface area contributed by atoms with Gasteiger partial charge >= 0.3 is 0 Å². The minimum Gasteiger partial charge on any atom is -0.395 e. The van der Waals surface area contributed by atoms with Crippen LogP contribution in [-0.4, -0.2) is 28.7 Å². The van der Waals surface area contributed by atoms with Crippen LogP contribution >= 0.6 is 0 Å². The molecule has 0 bridgehead atoms. The Morgan fingerprint density at radius 1 is 1.64 bits per heavy atom. The van der Waals surface area contributed by atoms with E-state index in [2.05, 4.69) is 5.32 Å². The molecule has 0 saturated carbocycles. The van der Waals surface area contributed by atoms with E-state index in [1.54, 1.807) is 13.1 Å². The lowest BCUT2D eigenvalue weighted by molar-refractivity contribution is 0.0944. The van der Waals surface area contributed by atoms with Gasteiger partial charge in [-0.1, -0.05) is 0 Å². The fourth-order valence-corrected chi connectivity index (χ4v) is 0.961. The Balaban J connectivity index is 2.81. The molecule has 1 aromatic rings. The van der Waals surface area contributed by atoms with Crippen LogP contribution < -0.4 is 10.9 Å². The van der Waals surface area contributed by atoms with Crippen molar-refractivity contribution in [1.29, 1.82) is 0 Å². The molecule has 0 aromatic carbocycles. The zero-order valence-corrected chi connectivity index (χ0v) is 7.86. The number of carbonyl (C=O) groups is 1. The van der Waals surface area contributed by atoms with Crippen molar-refractivity contribution in [2.24, 2.45) is 7.05 Å². The lowest BCUT2D eigenvalue weighted by atomic mass is 10.2. The maximum Gasteiger partial charge on any atom is 0.251 e. The number of aromatic nitrogens is 1. The smallest absolute Gasteiger partial charge is 0.251 e. The summed E-state index contributed by atoms with van der Waals surface area (Å²) in [5, 5.41) is 10.9. The number of aliphatic hydroxyl groups is 1. The number of nitrogens with one attached hydrogen (secondary N) is 1. The van der Waals surface area contributed by atoms with Crippen LogP contribution in [0, 0.1) is 0 Å². The Morgan fingerprint density at radius 3 is 2.93 bits per heavy atom. The molecule has 5 nitrogen and oxygen atoms in total. The van der Waals surface area contributed by atoms with Crippen LogP contribution in [0.25, 0.3) is 0 Å². The van der Waals surface area contributed by atoms with Gasteiger partial charge in [-0.2, -0.15) is 0 Å². The van der Waals surface area contributed by atoms with Crippen LogP contribution in [0.5, 0.6) is 0 Å². The number of aryl methyl sites for hydroxylation is 1. The molecule has 0 radical (unpaired) electrons. The standard InChI is InChI=1S/C9H12N2O3/c1-11-4-2-7(6-8(11)13)9(14)10-3-5-12/h2,4,6,12H,3,5H2,1H3,(H,10,14). The average Bonchev–Trinajstić information content (AvgIpc) is 2.18. The fraction of sp³-hybridized carbons (Fsp3) is 0.333. The Kier molecular flexibility index (Phi) is 3.41. The highest BCUT2D eigenvalue weighted by atomic mass is 16.3. The molecule has 1 aromatic heterocycles. The number of amides is 1. The summed E-state index contributed by atoms with van der Waals surface area (Å²) >= 11 is 0. The number of carbonyl (C=O) groups excluding carboxylic acids is 1. The number of hydrogen-bond acceptors (Lipinski definition) is 3. The third-order valence-electron chi connectivity index (χ3n) is 1.76.